The van der Waals surface area contributed by atoms with Crippen LogP contribution < -0.4 is 0 Å². The molecule has 1 aliphatic heterocycles. The third kappa shape index (κ3) is 5.96. The van der Waals surface area contributed by atoms with E-state index in [1.54, 1.807) is 4.90 Å². The van der Waals surface area contributed by atoms with Crippen molar-refractivity contribution in [1.29, 1.82) is 0 Å². The first kappa shape index (κ1) is 19.7. The second-order valence-electron chi connectivity index (χ2n) is 7.46. The van der Waals surface area contributed by atoms with Gasteiger partial charge in [0.05, 0.1) is 25.9 Å². The lowest BCUT2D eigenvalue weighted by Crippen LogP contribution is -2.33. The number of hydrogen-bond acceptors (Lipinski definition) is 5. The van der Waals surface area contributed by atoms with Crippen molar-refractivity contribution < 1.29 is 23.8 Å². The average molecular weight is 375 g/mol. The molecule has 0 spiro atoms. The Hall–Kier alpha value is -2.08. The molecule has 1 aromatic rings. The normalized spacial score (nSPS) is 25.2. The molecule has 0 N–H and O–H groups in total. The summed E-state index contributed by atoms with van der Waals surface area (Å²) in [6, 6.07) is 9.70. The SMILES string of the molecule is COC(=O)C[C@H]1CC[C@H](O[C@@H]2CCN(C(=O)OCc3ccccc3)C2)CC1. The maximum Gasteiger partial charge on any atom is 0.410 e. The largest absolute Gasteiger partial charge is 0.469 e. The Bertz CT molecular complexity index is 612. The Kier molecular flexibility index (Phi) is 7.10. The predicted molar refractivity (Wildman–Crippen MR) is 100 cm³/mol. The fourth-order valence-corrected chi connectivity index (χ4v) is 3.88. The van der Waals surface area contributed by atoms with Crippen molar-refractivity contribution in [3.63, 3.8) is 0 Å². The number of amides is 1. The first-order valence-electron chi connectivity index (χ1n) is 9.82. The summed E-state index contributed by atoms with van der Waals surface area (Å²) in [6.07, 6.45) is 5.32. The third-order valence-electron chi connectivity index (χ3n) is 5.47. The molecule has 0 aromatic heterocycles. The smallest absolute Gasteiger partial charge is 0.410 e. The van der Waals surface area contributed by atoms with Gasteiger partial charge in [-0.05, 0) is 43.6 Å². The number of nitrogens with zero attached hydrogens (tertiary/aromatic N) is 1. The summed E-state index contributed by atoms with van der Waals surface area (Å²) >= 11 is 0. The molecule has 2 aliphatic rings. The predicted octanol–water partition coefficient (Wildman–Crippen LogP) is 3.54. The molecule has 1 aromatic carbocycles. The molecule has 6 heteroatoms. The molecule has 1 heterocycles. The van der Waals surface area contributed by atoms with Gasteiger partial charge >= 0.3 is 12.1 Å². The zero-order chi connectivity index (χ0) is 19.1. The van der Waals surface area contributed by atoms with E-state index in [9.17, 15) is 9.59 Å². The lowest BCUT2D eigenvalue weighted by atomic mass is 9.85. The minimum Gasteiger partial charge on any atom is -0.469 e. The van der Waals surface area contributed by atoms with E-state index in [4.69, 9.17) is 14.2 Å². The molecule has 1 amide bonds. The van der Waals surface area contributed by atoms with Crippen LogP contribution in [-0.4, -0.2) is 49.4 Å². The summed E-state index contributed by atoms with van der Waals surface area (Å²) in [5, 5.41) is 0. The van der Waals surface area contributed by atoms with E-state index in [1.807, 2.05) is 30.3 Å². The maximum atomic E-state index is 12.2. The molecule has 0 radical (unpaired) electrons. The lowest BCUT2D eigenvalue weighted by Gasteiger charge is -2.30. The summed E-state index contributed by atoms with van der Waals surface area (Å²) in [7, 11) is 1.44. The standard InChI is InChI=1S/C21H29NO5/c1-25-20(23)13-16-7-9-18(10-8-16)27-19-11-12-22(14-19)21(24)26-15-17-5-3-2-4-6-17/h2-6,16,18-19H,7-15H2,1H3/t16-,18-,19-/m1/s1. The molecule has 148 valence electrons. The van der Waals surface area contributed by atoms with Crippen molar-refractivity contribution in [2.45, 2.75) is 57.3 Å². The van der Waals surface area contributed by atoms with Crippen LogP contribution in [0.25, 0.3) is 0 Å². The molecular weight excluding hydrogens is 346 g/mol. The number of carbonyl (C=O) groups excluding carboxylic acids is 2. The van der Waals surface area contributed by atoms with Gasteiger partial charge in [0.2, 0.25) is 0 Å². The first-order valence-corrected chi connectivity index (χ1v) is 9.82. The van der Waals surface area contributed by atoms with Crippen molar-refractivity contribution >= 4 is 12.1 Å². The highest BCUT2D eigenvalue weighted by atomic mass is 16.6. The Labute approximate surface area is 160 Å². The molecular formula is C21H29NO5. The van der Waals surface area contributed by atoms with Crippen LogP contribution in [0.15, 0.2) is 30.3 Å². The Morgan fingerprint density at radius 1 is 1.04 bits per heavy atom. The summed E-state index contributed by atoms with van der Waals surface area (Å²) < 4.78 is 16.4. The van der Waals surface area contributed by atoms with E-state index in [-0.39, 0.29) is 24.3 Å². The van der Waals surface area contributed by atoms with Gasteiger partial charge < -0.3 is 19.1 Å². The van der Waals surface area contributed by atoms with Gasteiger partial charge in [-0.2, -0.15) is 0 Å². The van der Waals surface area contributed by atoms with Crippen LogP contribution in [0.2, 0.25) is 0 Å². The van der Waals surface area contributed by atoms with Crippen LogP contribution in [0.5, 0.6) is 0 Å². The van der Waals surface area contributed by atoms with E-state index < -0.39 is 0 Å². The molecule has 0 unspecified atom stereocenters. The van der Waals surface area contributed by atoms with Crippen LogP contribution in [0.4, 0.5) is 4.79 Å². The number of ether oxygens (including phenoxy) is 3. The summed E-state index contributed by atoms with van der Waals surface area (Å²) in [5.74, 6) is 0.283. The van der Waals surface area contributed by atoms with Crippen LogP contribution in [0, 0.1) is 5.92 Å². The van der Waals surface area contributed by atoms with Crippen molar-refractivity contribution in [1.82, 2.24) is 4.90 Å². The minimum atomic E-state index is -0.272. The number of hydrogen-bond donors (Lipinski definition) is 0. The van der Waals surface area contributed by atoms with Crippen LogP contribution in [0.3, 0.4) is 0 Å². The Balaban J connectivity index is 1.35. The number of esters is 1. The Morgan fingerprint density at radius 2 is 1.78 bits per heavy atom. The van der Waals surface area contributed by atoms with Gasteiger partial charge in [-0.15, -0.1) is 0 Å². The van der Waals surface area contributed by atoms with Crippen molar-refractivity contribution in [3.8, 4) is 0 Å². The topological polar surface area (TPSA) is 65.1 Å². The molecule has 1 atom stereocenters. The van der Waals surface area contributed by atoms with E-state index in [0.29, 0.717) is 32.0 Å². The zero-order valence-corrected chi connectivity index (χ0v) is 16.0. The fourth-order valence-electron chi connectivity index (χ4n) is 3.88. The summed E-state index contributed by atoms with van der Waals surface area (Å²) in [4.78, 5) is 25.3. The lowest BCUT2D eigenvalue weighted by molar-refractivity contribution is -0.142. The van der Waals surface area contributed by atoms with Crippen LogP contribution in [-0.2, 0) is 25.6 Å². The second-order valence-corrected chi connectivity index (χ2v) is 7.46. The maximum absolute atomic E-state index is 12.2. The third-order valence-corrected chi connectivity index (χ3v) is 5.47. The Morgan fingerprint density at radius 3 is 2.48 bits per heavy atom. The molecule has 27 heavy (non-hydrogen) atoms. The van der Waals surface area contributed by atoms with Crippen LogP contribution in [0.1, 0.15) is 44.1 Å². The van der Waals surface area contributed by atoms with Crippen molar-refractivity contribution in [2.75, 3.05) is 20.2 Å². The number of likely N-dealkylation sites (tertiary alicyclic amines) is 1. The van der Waals surface area contributed by atoms with Gasteiger partial charge in [0.25, 0.3) is 0 Å². The molecule has 2 fully saturated rings. The molecule has 3 rings (SSSR count). The van der Waals surface area contributed by atoms with E-state index >= 15 is 0 Å². The quantitative estimate of drug-likeness (QED) is 0.712. The molecule has 6 nitrogen and oxygen atoms in total. The van der Waals surface area contributed by atoms with Crippen LogP contribution >= 0.6 is 0 Å². The number of rotatable bonds is 6. The van der Waals surface area contributed by atoms with Gasteiger partial charge in [-0.25, -0.2) is 4.79 Å². The first-order chi connectivity index (χ1) is 13.1. The highest BCUT2D eigenvalue weighted by Crippen LogP contribution is 2.30. The highest BCUT2D eigenvalue weighted by Gasteiger charge is 2.31. The van der Waals surface area contributed by atoms with E-state index in [1.165, 1.54) is 7.11 Å². The fraction of sp³-hybridized carbons (Fsp3) is 0.619. The second kappa shape index (κ2) is 9.74. The minimum absolute atomic E-state index is 0.0800. The number of carbonyl (C=O) groups is 2. The van der Waals surface area contributed by atoms with Gasteiger partial charge in [0.1, 0.15) is 6.61 Å². The monoisotopic (exact) mass is 375 g/mol. The highest BCUT2D eigenvalue weighted by molar-refractivity contribution is 5.69. The van der Waals surface area contributed by atoms with Gasteiger partial charge in [0, 0.05) is 13.0 Å². The van der Waals surface area contributed by atoms with Gasteiger partial charge in [0.15, 0.2) is 0 Å². The van der Waals surface area contributed by atoms with Crippen molar-refractivity contribution in [3.05, 3.63) is 35.9 Å². The summed E-state index contributed by atoms with van der Waals surface area (Å²) in [6.45, 7) is 1.57. The van der Waals surface area contributed by atoms with Crippen molar-refractivity contribution in [2.24, 2.45) is 5.92 Å². The average Bonchev–Trinajstić information content (AvgIpc) is 3.17. The number of methoxy groups -OCH3 is 1. The zero-order valence-electron chi connectivity index (χ0n) is 16.0. The molecule has 0 bridgehead atoms. The van der Waals surface area contributed by atoms with E-state index in [2.05, 4.69) is 0 Å². The van der Waals surface area contributed by atoms with E-state index in [0.717, 1.165) is 37.7 Å². The van der Waals surface area contributed by atoms with Gasteiger partial charge in [-0.3, -0.25) is 4.79 Å². The summed E-state index contributed by atoms with van der Waals surface area (Å²) in [5.41, 5.74) is 0.988. The molecule has 1 saturated heterocycles. The number of benzene rings is 1. The molecule has 1 saturated carbocycles. The molecule has 1 aliphatic carbocycles. The van der Waals surface area contributed by atoms with Gasteiger partial charge in [-0.1, -0.05) is 30.3 Å².